The fraction of sp³-hybridized carbons (Fsp3) is 0.417. The number of anilines is 1. The molecule has 0 spiro atoms. The lowest BCUT2D eigenvalue weighted by molar-refractivity contribution is 0.138. The number of benzene rings is 2. The van der Waals surface area contributed by atoms with Crippen molar-refractivity contribution in [2.75, 3.05) is 25.1 Å². The number of alkyl halides is 2. The summed E-state index contributed by atoms with van der Waals surface area (Å²) in [4.78, 5) is 9.17. The Kier molecular flexibility index (Phi) is 5.74. The maximum Gasteiger partial charge on any atom is 0.266 e. The van der Waals surface area contributed by atoms with Crippen molar-refractivity contribution < 1.29 is 27.4 Å². The van der Waals surface area contributed by atoms with Crippen LogP contribution in [0.1, 0.15) is 48.3 Å². The van der Waals surface area contributed by atoms with Crippen molar-refractivity contribution in [1.29, 1.82) is 0 Å². The van der Waals surface area contributed by atoms with E-state index in [9.17, 15) is 13.2 Å². The number of ether oxygens (including phenoxy) is 3. The minimum atomic E-state index is -2.89. The molecule has 1 saturated heterocycles. The Morgan fingerprint density at radius 3 is 2.76 bits per heavy atom. The highest BCUT2D eigenvalue weighted by atomic mass is 19.3. The van der Waals surface area contributed by atoms with Gasteiger partial charge in [0.15, 0.2) is 11.5 Å². The van der Waals surface area contributed by atoms with Crippen LogP contribution in [0.4, 0.5) is 19.0 Å². The summed E-state index contributed by atoms with van der Waals surface area (Å²) in [6.45, 7) is 5.17. The van der Waals surface area contributed by atoms with E-state index in [1.54, 1.807) is 13.8 Å². The highest BCUT2D eigenvalue weighted by molar-refractivity contribution is 5.95. The molecule has 2 atom stereocenters. The molecule has 1 N–H and O–H groups in total. The number of rotatable bonds is 6. The summed E-state index contributed by atoms with van der Waals surface area (Å²) < 4.78 is 58.6. The van der Waals surface area contributed by atoms with Crippen LogP contribution in [0.5, 0.6) is 11.5 Å². The molecule has 2 aromatic carbocycles. The van der Waals surface area contributed by atoms with Crippen LogP contribution < -0.4 is 14.8 Å². The number of halogens is 3. The molecule has 2 aliphatic heterocycles. The average Bonchev–Trinajstić information content (AvgIpc) is 3.46. The Labute approximate surface area is 189 Å². The topological polar surface area (TPSA) is 65.5 Å². The quantitative estimate of drug-likeness (QED) is 0.540. The van der Waals surface area contributed by atoms with Gasteiger partial charge in [0.1, 0.15) is 23.6 Å². The van der Waals surface area contributed by atoms with Gasteiger partial charge in [0.05, 0.1) is 36.9 Å². The Balaban J connectivity index is 1.56. The summed E-state index contributed by atoms with van der Waals surface area (Å²) in [6, 6.07) is 5.24. The van der Waals surface area contributed by atoms with Crippen LogP contribution in [0.2, 0.25) is 0 Å². The van der Waals surface area contributed by atoms with Gasteiger partial charge in [-0.3, -0.25) is 0 Å². The van der Waals surface area contributed by atoms with E-state index in [0.29, 0.717) is 54.8 Å². The summed E-state index contributed by atoms with van der Waals surface area (Å²) >= 11 is 0. The van der Waals surface area contributed by atoms with E-state index >= 15 is 0 Å². The summed E-state index contributed by atoms with van der Waals surface area (Å²) in [5.74, 6) is 1.38. The van der Waals surface area contributed by atoms with E-state index in [0.717, 1.165) is 23.6 Å². The third-order valence-electron chi connectivity index (χ3n) is 6.01. The van der Waals surface area contributed by atoms with E-state index in [1.807, 2.05) is 6.07 Å². The van der Waals surface area contributed by atoms with Crippen LogP contribution in [-0.4, -0.2) is 35.9 Å². The minimum Gasteiger partial charge on any atom is -0.489 e. The van der Waals surface area contributed by atoms with Gasteiger partial charge in [-0.2, -0.15) is 0 Å². The van der Waals surface area contributed by atoms with Crippen molar-refractivity contribution in [2.24, 2.45) is 0 Å². The fourth-order valence-corrected chi connectivity index (χ4v) is 4.38. The van der Waals surface area contributed by atoms with Crippen LogP contribution in [0, 0.1) is 12.7 Å². The summed E-state index contributed by atoms with van der Waals surface area (Å²) in [5.41, 5.74) is 1.20. The number of hydrogen-bond donors (Lipinski definition) is 1. The predicted molar refractivity (Wildman–Crippen MR) is 117 cm³/mol. The largest absolute Gasteiger partial charge is 0.489 e. The molecule has 9 heteroatoms. The lowest BCUT2D eigenvalue weighted by Gasteiger charge is -2.20. The molecule has 33 heavy (non-hydrogen) atoms. The minimum absolute atomic E-state index is 0.0661. The zero-order chi connectivity index (χ0) is 23.1. The van der Waals surface area contributed by atoms with E-state index < -0.39 is 23.8 Å². The van der Waals surface area contributed by atoms with Gasteiger partial charge in [0, 0.05) is 29.4 Å². The van der Waals surface area contributed by atoms with Gasteiger partial charge in [-0.25, -0.2) is 23.1 Å². The summed E-state index contributed by atoms with van der Waals surface area (Å²) in [7, 11) is 0. The molecular formula is C24H24F3N3O3. The molecule has 6 nitrogen and oxygen atoms in total. The second-order valence-electron chi connectivity index (χ2n) is 8.32. The van der Waals surface area contributed by atoms with E-state index in [2.05, 4.69) is 15.3 Å². The first-order valence-corrected chi connectivity index (χ1v) is 11.0. The zero-order valence-corrected chi connectivity index (χ0v) is 18.3. The molecule has 1 aromatic heterocycles. The SMILES string of the molecule is Cc1nc(NC(C)c2cccc(C(F)F)c2F)c2cc(O[C@H]3CCOC3)c3c(c2n1)CCO3. The first kappa shape index (κ1) is 21.8. The second kappa shape index (κ2) is 8.70. The van der Waals surface area contributed by atoms with E-state index in [1.165, 1.54) is 12.1 Å². The van der Waals surface area contributed by atoms with Crippen molar-refractivity contribution >= 4 is 16.7 Å². The molecular weight excluding hydrogens is 435 g/mol. The maximum absolute atomic E-state index is 14.7. The Bertz CT molecular complexity index is 1200. The van der Waals surface area contributed by atoms with Gasteiger partial charge >= 0.3 is 0 Å². The standard InChI is InChI=1S/C24H24F3N3O3/c1-12(15-4-3-5-16(20(15)25)23(26)27)28-24-18-10-19(33-14-6-8-31-11-14)22-17(7-9-32-22)21(18)29-13(2)30-24/h3-5,10,12,14,23H,6-9,11H2,1-2H3,(H,28,29,30)/t12?,14-/m0/s1. The van der Waals surface area contributed by atoms with Crippen LogP contribution in [0.3, 0.4) is 0 Å². The molecule has 0 amide bonds. The fourth-order valence-electron chi connectivity index (χ4n) is 4.38. The molecule has 0 saturated carbocycles. The van der Waals surface area contributed by atoms with Crippen molar-refractivity contribution in [3.05, 3.63) is 52.6 Å². The van der Waals surface area contributed by atoms with Gasteiger partial charge in [-0.1, -0.05) is 18.2 Å². The van der Waals surface area contributed by atoms with Gasteiger partial charge in [-0.15, -0.1) is 0 Å². The van der Waals surface area contributed by atoms with Crippen molar-refractivity contribution in [1.82, 2.24) is 9.97 Å². The normalized spacial score (nSPS) is 18.4. The highest BCUT2D eigenvalue weighted by Crippen LogP contribution is 2.43. The van der Waals surface area contributed by atoms with Gasteiger partial charge in [0.2, 0.25) is 0 Å². The average molecular weight is 459 g/mol. The number of nitrogens with zero attached hydrogens (tertiary/aromatic N) is 2. The van der Waals surface area contributed by atoms with Crippen LogP contribution in [0.15, 0.2) is 24.3 Å². The number of aryl methyl sites for hydroxylation is 1. The molecule has 2 aliphatic rings. The second-order valence-corrected chi connectivity index (χ2v) is 8.32. The summed E-state index contributed by atoms with van der Waals surface area (Å²) in [5, 5.41) is 3.91. The molecule has 0 aliphatic carbocycles. The molecule has 1 unspecified atom stereocenters. The molecule has 1 fully saturated rings. The third kappa shape index (κ3) is 4.06. The van der Waals surface area contributed by atoms with Crippen LogP contribution in [0.25, 0.3) is 10.9 Å². The molecule has 0 bridgehead atoms. The predicted octanol–water partition coefficient (Wildman–Crippen LogP) is 5.29. The molecule has 3 aromatic rings. The first-order chi connectivity index (χ1) is 15.9. The Morgan fingerprint density at radius 1 is 1.18 bits per heavy atom. The molecule has 3 heterocycles. The van der Waals surface area contributed by atoms with Gasteiger partial charge in [-0.05, 0) is 19.9 Å². The maximum atomic E-state index is 14.7. The summed E-state index contributed by atoms with van der Waals surface area (Å²) in [6.07, 6.45) is -1.48. The lowest BCUT2D eigenvalue weighted by atomic mass is 10.0. The third-order valence-corrected chi connectivity index (χ3v) is 6.01. The van der Waals surface area contributed by atoms with E-state index in [4.69, 9.17) is 14.2 Å². The van der Waals surface area contributed by atoms with Crippen molar-refractivity contribution in [2.45, 2.75) is 45.3 Å². The number of nitrogens with one attached hydrogen (secondary N) is 1. The van der Waals surface area contributed by atoms with Crippen LogP contribution in [-0.2, 0) is 11.2 Å². The van der Waals surface area contributed by atoms with Crippen molar-refractivity contribution in [3.8, 4) is 11.5 Å². The first-order valence-electron chi connectivity index (χ1n) is 11.0. The lowest BCUT2D eigenvalue weighted by Crippen LogP contribution is -2.16. The zero-order valence-electron chi connectivity index (χ0n) is 18.3. The Hall–Kier alpha value is -3.07. The van der Waals surface area contributed by atoms with E-state index in [-0.39, 0.29) is 11.7 Å². The number of fused-ring (bicyclic) bond motifs is 3. The highest BCUT2D eigenvalue weighted by Gasteiger charge is 2.28. The molecule has 174 valence electrons. The van der Waals surface area contributed by atoms with Gasteiger partial charge in [0.25, 0.3) is 6.43 Å². The molecule has 0 radical (unpaired) electrons. The monoisotopic (exact) mass is 459 g/mol. The number of hydrogen-bond acceptors (Lipinski definition) is 6. The Morgan fingerprint density at radius 2 is 2.00 bits per heavy atom. The van der Waals surface area contributed by atoms with Crippen LogP contribution >= 0.6 is 0 Å². The number of aromatic nitrogens is 2. The molecule has 5 rings (SSSR count). The smallest absolute Gasteiger partial charge is 0.266 e. The van der Waals surface area contributed by atoms with Crippen molar-refractivity contribution in [3.63, 3.8) is 0 Å². The van der Waals surface area contributed by atoms with Gasteiger partial charge < -0.3 is 19.5 Å².